The first-order chi connectivity index (χ1) is 10.5. The molecular formula is C15H17FN2O3S. The van der Waals surface area contributed by atoms with E-state index in [9.17, 15) is 9.18 Å². The van der Waals surface area contributed by atoms with Crippen molar-refractivity contribution in [3.8, 4) is 0 Å². The Kier molecular flexibility index (Phi) is 5.46. The number of carbonyl (C=O) groups excluding carboxylic acids is 1. The summed E-state index contributed by atoms with van der Waals surface area (Å²) in [5.41, 5.74) is 1.55. The van der Waals surface area contributed by atoms with Gasteiger partial charge < -0.3 is 20.1 Å². The van der Waals surface area contributed by atoms with E-state index in [0.29, 0.717) is 28.6 Å². The van der Waals surface area contributed by atoms with Gasteiger partial charge in [-0.25, -0.2) is 9.18 Å². The summed E-state index contributed by atoms with van der Waals surface area (Å²) in [7, 11) is 1.52. The Morgan fingerprint density at radius 3 is 2.86 bits per heavy atom. The summed E-state index contributed by atoms with van der Waals surface area (Å²) in [5, 5.41) is 6.24. The third-order valence-electron chi connectivity index (χ3n) is 3.19. The minimum Gasteiger partial charge on any atom is -0.460 e. The number of methoxy groups -OCH3 is 1. The van der Waals surface area contributed by atoms with E-state index in [0.717, 1.165) is 0 Å². The van der Waals surface area contributed by atoms with Crippen LogP contribution < -0.4 is 10.6 Å². The second-order valence-corrected chi connectivity index (χ2v) is 5.16. The van der Waals surface area contributed by atoms with E-state index >= 15 is 0 Å². The number of nitrogens with one attached hydrogen (secondary N) is 2. The molecule has 0 saturated carbocycles. The van der Waals surface area contributed by atoms with E-state index in [4.69, 9.17) is 21.7 Å². The Labute approximate surface area is 133 Å². The van der Waals surface area contributed by atoms with Crippen LogP contribution in [0.15, 0.2) is 35.5 Å². The number of thiocarbonyl (C=S) groups is 1. The van der Waals surface area contributed by atoms with E-state index in [-0.39, 0.29) is 12.4 Å². The van der Waals surface area contributed by atoms with Gasteiger partial charge in [0.25, 0.3) is 0 Å². The Balaban J connectivity index is 2.30. The molecule has 1 aliphatic rings. The number of hydrogen-bond acceptors (Lipinski definition) is 4. The fourth-order valence-electron chi connectivity index (χ4n) is 2.20. The van der Waals surface area contributed by atoms with Crippen molar-refractivity contribution in [3.63, 3.8) is 0 Å². The van der Waals surface area contributed by atoms with Crippen molar-refractivity contribution in [1.29, 1.82) is 0 Å². The summed E-state index contributed by atoms with van der Waals surface area (Å²) >= 11 is 5.12. The molecule has 0 aliphatic carbocycles. The van der Waals surface area contributed by atoms with Gasteiger partial charge in [-0.3, -0.25) is 0 Å². The van der Waals surface area contributed by atoms with E-state index in [1.807, 2.05) is 0 Å². The summed E-state index contributed by atoms with van der Waals surface area (Å²) in [6, 6.07) is 5.46. The molecule has 7 heteroatoms. The maximum Gasteiger partial charge on any atom is 0.338 e. The number of carbonyl (C=O) groups is 1. The van der Waals surface area contributed by atoms with Crippen molar-refractivity contribution in [1.82, 2.24) is 10.6 Å². The molecule has 0 aromatic heterocycles. The minimum atomic E-state index is -0.556. The highest BCUT2D eigenvalue weighted by Gasteiger charge is 2.31. The third kappa shape index (κ3) is 3.80. The van der Waals surface area contributed by atoms with Crippen LogP contribution in [0.25, 0.3) is 0 Å². The molecule has 0 unspecified atom stereocenters. The maximum atomic E-state index is 13.5. The molecule has 22 heavy (non-hydrogen) atoms. The first-order valence-corrected chi connectivity index (χ1v) is 7.13. The standard InChI is InChI=1S/C15H17FN2O3S/c1-9-12(14(19)21-7-6-20-2)13(18-15(22)17-9)10-4-3-5-11(16)8-10/h3-5,8,13H,6-7H2,1-2H3,(H2,17,18,22)/t13-/m0/s1. The summed E-state index contributed by atoms with van der Waals surface area (Å²) in [4.78, 5) is 12.3. The molecule has 0 saturated heterocycles. The first-order valence-electron chi connectivity index (χ1n) is 6.72. The summed E-state index contributed by atoms with van der Waals surface area (Å²) in [6.07, 6.45) is 0. The molecule has 0 spiro atoms. The molecule has 1 aromatic rings. The van der Waals surface area contributed by atoms with Gasteiger partial charge in [0.15, 0.2) is 5.11 Å². The third-order valence-corrected chi connectivity index (χ3v) is 3.41. The Hall–Kier alpha value is -1.99. The molecule has 1 heterocycles. The molecule has 0 bridgehead atoms. The molecule has 0 amide bonds. The van der Waals surface area contributed by atoms with Crippen LogP contribution in [0.5, 0.6) is 0 Å². The molecule has 0 radical (unpaired) electrons. The normalized spacial score (nSPS) is 17.8. The van der Waals surface area contributed by atoms with Gasteiger partial charge in [0.05, 0.1) is 18.2 Å². The van der Waals surface area contributed by atoms with Crippen LogP contribution in [-0.2, 0) is 14.3 Å². The quantitative estimate of drug-likeness (QED) is 0.489. The van der Waals surface area contributed by atoms with Gasteiger partial charge in [-0.15, -0.1) is 0 Å². The van der Waals surface area contributed by atoms with Crippen LogP contribution in [-0.4, -0.2) is 31.4 Å². The zero-order valence-electron chi connectivity index (χ0n) is 12.3. The summed E-state index contributed by atoms with van der Waals surface area (Å²) < 4.78 is 23.5. The van der Waals surface area contributed by atoms with Crippen molar-refractivity contribution in [2.24, 2.45) is 0 Å². The highest BCUT2D eigenvalue weighted by molar-refractivity contribution is 7.80. The molecule has 118 valence electrons. The van der Waals surface area contributed by atoms with E-state index < -0.39 is 12.0 Å². The summed E-state index contributed by atoms with van der Waals surface area (Å²) in [5.74, 6) is -0.875. The average Bonchev–Trinajstić information content (AvgIpc) is 2.46. The zero-order chi connectivity index (χ0) is 16.1. The first kappa shape index (κ1) is 16.4. The number of rotatable bonds is 5. The van der Waals surface area contributed by atoms with Crippen LogP contribution in [0.1, 0.15) is 18.5 Å². The maximum absolute atomic E-state index is 13.5. The fourth-order valence-corrected chi connectivity index (χ4v) is 2.47. The highest BCUT2D eigenvalue weighted by atomic mass is 32.1. The van der Waals surface area contributed by atoms with Crippen molar-refractivity contribution >= 4 is 23.3 Å². The fraction of sp³-hybridized carbons (Fsp3) is 0.333. The number of hydrogen-bond donors (Lipinski definition) is 2. The smallest absolute Gasteiger partial charge is 0.338 e. The highest BCUT2D eigenvalue weighted by Crippen LogP contribution is 2.27. The number of esters is 1. The molecule has 1 atom stereocenters. The molecule has 0 fully saturated rings. The largest absolute Gasteiger partial charge is 0.460 e. The number of ether oxygens (including phenoxy) is 2. The zero-order valence-corrected chi connectivity index (χ0v) is 13.1. The lowest BCUT2D eigenvalue weighted by molar-refractivity contribution is -0.140. The average molecular weight is 324 g/mol. The van der Waals surface area contributed by atoms with Crippen LogP contribution >= 0.6 is 12.2 Å². The predicted octanol–water partition coefficient (Wildman–Crippen LogP) is 1.81. The molecular weight excluding hydrogens is 307 g/mol. The van der Waals surface area contributed by atoms with Gasteiger partial charge in [-0.1, -0.05) is 12.1 Å². The second-order valence-electron chi connectivity index (χ2n) is 4.75. The van der Waals surface area contributed by atoms with Crippen molar-refractivity contribution in [3.05, 3.63) is 46.9 Å². The topological polar surface area (TPSA) is 59.6 Å². The molecule has 2 N–H and O–H groups in total. The Morgan fingerprint density at radius 1 is 1.41 bits per heavy atom. The molecule has 5 nitrogen and oxygen atoms in total. The van der Waals surface area contributed by atoms with Crippen molar-refractivity contribution in [2.45, 2.75) is 13.0 Å². The van der Waals surface area contributed by atoms with Gasteiger partial charge in [0.2, 0.25) is 0 Å². The predicted molar refractivity (Wildman–Crippen MR) is 83.5 cm³/mol. The van der Waals surface area contributed by atoms with E-state index in [1.54, 1.807) is 19.1 Å². The van der Waals surface area contributed by atoms with E-state index in [2.05, 4.69) is 10.6 Å². The van der Waals surface area contributed by atoms with Crippen LogP contribution in [0.2, 0.25) is 0 Å². The van der Waals surface area contributed by atoms with Gasteiger partial charge in [0.1, 0.15) is 12.4 Å². The lowest BCUT2D eigenvalue weighted by atomic mass is 9.95. The number of benzene rings is 1. The van der Waals surface area contributed by atoms with Crippen LogP contribution in [0.3, 0.4) is 0 Å². The SMILES string of the molecule is COCCOC(=O)C1=C(C)NC(=S)N[C@H]1c1cccc(F)c1. The van der Waals surface area contributed by atoms with Crippen molar-refractivity contribution < 1.29 is 18.7 Å². The second kappa shape index (κ2) is 7.33. The molecule has 2 rings (SSSR count). The monoisotopic (exact) mass is 324 g/mol. The van der Waals surface area contributed by atoms with Crippen molar-refractivity contribution in [2.75, 3.05) is 20.3 Å². The Morgan fingerprint density at radius 2 is 2.18 bits per heavy atom. The van der Waals surface area contributed by atoms with Crippen LogP contribution in [0.4, 0.5) is 4.39 Å². The van der Waals surface area contributed by atoms with Crippen LogP contribution in [0, 0.1) is 5.82 Å². The molecule has 1 aliphatic heterocycles. The van der Waals surface area contributed by atoms with E-state index in [1.165, 1.54) is 19.2 Å². The van der Waals surface area contributed by atoms with Gasteiger partial charge >= 0.3 is 5.97 Å². The number of halogens is 1. The minimum absolute atomic E-state index is 0.145. The number of allylic oxidation sites excluding steroid dienone is 1. The van der Waals surface area contributed by atoms with Gasteiger partial charge in [-0.05, 0) is 36.8 Å². The molecule has 1 aromatic carbocycles. The van der Waals surface area contributed by atoms with Gasteiger partial charge in [-0.2, -0.15) is 0 Å². The van der Waals surface area contributed by atoms with Gasteiger partial charge in [0, 0.05) is 12.8 Å². The lowest BCUT2D eigenvalue weighted by Gasteiger charge is -2.29. The lowest BCUT2D eigenvalue weighted by Crippen LogP contribution is -2.45. The summed E-state index contributed by atoms with van der Waals surface area (Å²) in [6.45, 7) is 2.18. The Bertz CT molecular complexity index is 619.